The summed E-state index contributed by atoms with van der Waals surface area (Å²) in [5, 5.41) is 1.05. The molecule has 86 valence electrons. The molecule has 1 aromatic carbocycles. The Morgan fingerprint density at radius 2 is 1.81 bits per heavy atom. The van der Waals surface area contributed by atoms with Gasteiger partial charge in [0, 0.05) is 5.41 Å². The summed E-state index contributed by atoms with van der Waals surface area (Å²) < 4.78 is 36.8. The molecule has 2 nitrogen and oxygen atoms in total. The molecule has 0 N–H and O–H groups in total. The summed E-state index contributed by atoms with van der Waals surface area (Å²) in [4.78, 5) is -0.194. The fraction of sp³-hybridized carbons (Fsp3) is 0.333. The van der Waals surface area contributed by atoms with Gasteiger partial charge in [-0.3, -0.25) is 0 Å². The van der Waals surface area contributed by atoms with Gasteiger partial charge < -0.3 is 0 Å². The lowest BCUT2D eigenvalue weighted by molar-refractivity contribution is 0.551. The highest BCUT2D eigenvalue weighted by atomic mass is 32.2. The lowest BCUT2D eigenvalue weighted by Gasteiger charge is -2.20. The van der Waals surface area contributed by atoms with E-state index in [-0.39, 0.29) is 10.3 Å². The van der Waals surface area contributed by atoms with Gasteiger partial charge in [0.15, 0.2) is 0 Å². The van der Waals surface area contributed by atoms with Crippen LogP contribution < -0.4 is 0 Å². The van der Waals surface area contributed by atoms with E-state index >= 15 is 0 Å². The molecule has 2 rings (SSSR count). The van der Waals surface area contributed by atoms with Crippen LogP contribution in [0.25, 0.3) is 6.08 Å². The molecule has 1 aromatic rings. The molecule has 0 spiro atoms. The Balaban J connectivity index is 2.73. The van der Waals surface area contributed by atoms with Crippen LogP contribution in [0.5, 0.6) is 0 Å². The van der Waals surface area contributed by atoms with Gasteiger partial charge in [-0.1, -0.05) is 20.8 Å². The smallest absolute Gasteiger partial charge is 0.203 e. The summed E-state index contributed by atoms with van der Waals surface area (Å²) in [7, 11) is -3.55. The molecule has 0 aromatic heterocycles. The fourth-order valence-electron chi connectivity index (χ4n) is 1.70. The monoisotopic (exact) mass is 240 g/mol. The second-order valence-electron chi connectivity index (χ2n) is 4.97. The number of rotatable bonds is 0. The van der Waals surface area contributed by atoms with Gasteiger partial charge in [0.25, 0.3) is 0 Å². The first-order valence-corrected chi connectivity index (χ1v) is 6.54. The summed E-state index contributed by atoms with van der Waals surface area (Å²) >= 11 is 0. The third-order valence-electron chi connectivity index (χ3n) is 2.65. The lowest BCUT2D eigenvalue weighted by Crippen LogP contribution is -2.12. The van der Waals surface area contributed by atoms with Crippen LogP contribution in [0.1, 0.15) is 31.9 Å². The lowest BCUT2D eigenvalue weighted by atomic mass is 9.86. The standard InChI is InChI=1S/C12H13FO2S/c1-12(2,3)9-6-8-4-5-16(14,15)11(8)10(13)7-9/h4-7H,1-3H3. The second kappa shape index (κ2) is 3.17. The SMILES string of the molecule is CC(C)(C)c1cc(F)c2c(c1)C=CS2(=O)=O. The van der Waals surface area contributed by atoms with Gasteiger partial charge in [-0.15, -0.1) is 0 Å². The fourth-order valence-corrected chi connectivity index (χ4v) is 2.95. The van der Waals surface area contributed by atoms with E-state index in [1.54, 1.807) is 6.07 Å². The zero-order valence-electron chi connectivity index (χ0n) is 9.41. The Kier molecular flexibility index (Phi) is 2.24. The van der Waals surface area contributed by atoms with E-state index in [1.807, 2.05) is 20.8 Å². The van der Waals surface area contributed by atoms with Crippen molar-refractivity contribution in [2.45, 2.75) is 31.1 Å². The normalized spacial score (nSPS) is 17.5. The molecule has 1 heterocycles. The molecule has 1 aliphatic heterocycles. The molecule has 0 fully saturated rings. The molecule has 0 saturated heterocycles. The minimum atomic E-state index is -3.55. The van der Waals surface area contributed by atoms with Crippen LogP contribution in [-0.2, 0) is 15.3 Å². The van der Waals surface area contributed by atoms with E-state index in [9.17, 15) is 12.8 Å². The van der Waals surface area contributed by atoms with Gasteiger partial charge in [-0.2, -0.15) is 0 Å². The van der Waals surface area contributed by atoms with Crippen molar-refractivity contribution >= 4 is 15.9 Å². The predicted octanol–water partition coefficient (Wildman–Crippen LogP) is 2.88. The van der Waals surface area contributed by atoms with Crippen molar-refractivity contribution in [2.24, 2.45) is 0 Å². The van der Waals surface area contributed by atoms with Crippen molar-refractivity contribution in [1.82, 2.24) is 0 Å². The first-order chi connectivity index (χ1) is 7.22. The maximum atomic E-state index is 13.8. The minimum absolute atomic E-state index is 0.194. The van der Waals surface area contributed by atoms with Gasteiger partial charge in [0.1, 0.15) is 10.7 Å². The van der Waals surface area contributed by atoms with Crippen LogP contribution in [0.4, 0.5) is 4.39 Å². The Morgan fingerprint density at radius 1 is 1.19 bits per heavy atom. The van der Waals surface area contributed by atoms with Crippen LogP contribution in [0.3, 0.4) is 0 Å². The van der Waals surface area contributed by atoms with Crippen LogP contribution in [-0.4, -0.2) is 8.42 Å². The Morgan fingerprint density at radius 3 is 2.38 bits per heavy atom. The van der Waals surface area contributed by atoms with E-state index < -0.39 is 15.7 Å². The maximum Gasteiger partial charge on any atom is 0.203 e. The number of hydrogen-bond donors (Lipinski definition) is 0. The highest BCUT2D eigenvalue weighted by Crippen LogP contribution is 2.33. The topological polar surface area (TPSA) is 34.1 Å². The minimum Gasteiger partial charge on any atom is -0.219 e. The molecule has 0 aliphatic carbocycles. The van der Waals surface area contributed by atoms with Crippen molar-refractivity contribution in [1.29, 1.82) is 0 Å². The molecule has 0 unspecified atom stereocenters. The molecular weight excluding hydrogens is 227 g/mol. The third-order valence-corrected chi connectivity index (χ3v) is 4.14. The van der Waals surface area contributed by atoms with Gasteiger partial charge in [0.05, 0.1) is 0 Å². The van der Waals surface area contributed by atoms with Crippen LogP contribution in [0.2, 0.25) is 0 Å². The Hall–Kier alpha value is -1.16. The third kappa shape index (κ3) is 1.67. The largest absolute Gasteiger partial charge is 0.219 e. The number of sulfone groups is 1. The van der Waals surface area contributed by atoms with Gasteiger partial charge in [0.2, 0.25) is 9.84 Å². The van der Waals surface area contributed by atoms with E-state index in [1.165, 1.54) is 12.1 Å². The zero-order chi connectivity index (χ0) is 12.1. The first kappa shape index (κ1) is 11.3. The van der Waals surface area contributed by atoms with E-state index in [2.05, 4.69) is 0 Å². The molecule has 16 heavy (non-hydrogen) atoms. The number of benzene rings is 1. The highest BCUT2D eigenvalue weighted by molar-refractivity contribution is 7.94. The van der Waals surface area contributed by atoms with Crippen molar-refractivity contribution in [3.05, 3.63) is 34.5 Å². The first-order valence-electron chi connectivity index (χ1n) is 4.99. The number of hydrogen-bond acceptors (Lipinski definition) is 2. The molecule has 1 aliphatic rings. The molecule has 0 amide bonds. The van der Waals surface area contributed by atoms with Gasteiger partial charge in [-0.25, -0.2) is 12.8 Å². The molecule has 0 atom stereocenters. The van der Waals surface area contributed by atoms with Crippen molar-refractivity contribution in [3.63, 3.8) is 0 Å². The van der Waals surface area contributed by atoms with E-state index in [0.29, 0.717) is 5.56 Å². The zero-order valence-corrected chi connectivity index (χ0v) is 10.2. The van der Waals surface area contributed by atoms with Crippen molar-refractivity contribution in [2.75, 3.05) is 0 Å². The summed E-state index contributed by atoms with van der Waals surface area (Å²) in [5.41, 5.74) is 1.05. The van der Waals surface area contributed by atoms with E-state index in [0.717, 1.165) is 11.0 Å². The average molecular weight is 240 g/mol. The quantitative estimate of drug-likeness (QED) is 0.698. The summed E-state index contributed by atoms with van der Waals surface area (Å²) in [6.45, 7) is 5.88. The molecule has 0 saturated carbocycles. The van der Waals surface area contributed by atoms with Crippen molar-refractivity contribution in [3.8, 4) is 0 Å². The van der Waals surface area contributed by atoms with Crippen LogP contribution in [0.15, 0.2) is 22.4 Å². The molecule has 0 bridgehead atoms. The summed E-state index contributed by atoms with van der Waals surface area (Å²) in [6.07, 6.45) is 1.45. The Bertz CT molecular complexity index is 578. The van der Waals surface area contributed by atoms with Crippen LogP contribution >= 0.6 is 0 Å². The highest BCUT2D eigenvalue weighted by Gasteiger charge is 2.27. The number of fused-ring (bicyclic) bond motifs is 1. The summed E-state index contributed by atoms with van der Waals surface area (Å²) in [6, 6.07) is 3.04. The summed E-state index contributed by atoms with van der Waals surface area (Å²) in [5.74, 6) is -0.660. The molecular formula is C12H13FO2S. The van der Waals surface area contributed by atoms with E-state index in [4.69, 9.17) is 0 Å². The van der Waals surface area contributed by atoms with Crippen LogP contribution in [0, 0.1) is 5.82 Å². The predicted molar refractivity (Wildman–Crippen MR) is 61.3 cm³/mol. The number of halogens is 1. The molecule has 4 heteroatoms. The second-order valence-corrected chi connectivity index (χ2v) is 6.74. The van der Waals surface area contributed by atoms with Crippen molar-refractivity contribution < 1.29 is 12.8 Å². The van der Waals surface area contributed by atoms with Gasteiger partial charge >= 0.3 is 0 Å². The van der Waals surface area contributed by atoms with Gasteiger partial charge in [-0.05, 0) is 34.8 Å². The Labute approximate surface area is 94.7 Å². The maximum absolute atomic E-state index is 13.8. The average Bonchev–Trinajstić information content (AvgIpc) is 2.41. The molecule has 0 radical (unpaired) electrons.